The minimum absolute atomic E-state index is 0.0739. The Kier molecular flexibility index (Phi) is 5.64. The van der Waals surface area contributed by atoms with E-state index in [9.17, 15) is 4.79 Å². The largest absolute Gasteiger partial charge is 0.356 e. The van der Waals surface area contributed by atoms with Crippen molar-refractivity contribution >= 4 is 74.2 Å². The molecule has 0 spiro atoms. The lowest BCUT2D eigenvalue weighted by molar-refractivity contribution is 0.0982. The van der Waals surface area contributed by atoms with Crippen LogP contribution in [0.4, 0.5) is 11.8 Å². The highest BCUT2D eigenvalue weighted by Gasteiger charge is 2.31. The summed E-state index contributed by atoms with van der Waals surface area (Å²) in [6.07, 6.45) is 6.59. The maximum absolute atomic E-state index is 13.1. The zero-order valence-corrected chi connectivity index (χ0v) is 21.4. The maximum atomic E-state index is 13.1. The second-order valence-corrected chi connectivity index (χ2v) is 10.7. The summed E-state index contributed by atoms with van der Waals surface area (Å²) < 4.78 is 2.07. The molecule has 0 aliphatic carbocycles. The van der Waals surface area contributed by atoms with Crippen molar-refractivity contribution < 1.29 is 4.79 Å². The van der Waals surface area contributed by atoms with E-state index < -0.39 is 0 Å². The lowest BCUT2D eigenvalue weighted by Crippen LogP contribution is -2.38. The second kappa shape index (κ2) is 8.26. The van der Waals surface area contributed by atoms with E-state index in [0.29, 0.717) is 23.8 Å². The summed E-state index contributed by atoms with van der Waals surface area (Å²) in [5.41, 5.74) is 2.82. The monoisotopic (exact) mass is 644 g/mol. The highest BCUT2D eigenvalue weighted by Crippen LogP contribution is 2.36. The Hall–Kier alpha value is -1.41. The molecule has 7 nitrogen and oxygen atoms in total. The Balaban J connectivity index is 1.47. The van der Waals surface area contributed by atoms with Crippen molar-refractivity contribution in [3.63, 3.8) is 0 Å². The molecule has 154 valence electrons. The topological polar surface area (TPSA) is 75.1 Å². The van der Waals surface area contributed by atoms with Gasteiger partial charge in [-0.2, -0.15) is 0 Å². The number of halogens is 2. The first-order chi connectivity index (χ1) is 14.5. The summed E-state index contributed by atoms with van der Waals surface area (Å²) in [5, 5.41) is 0.856. The van der Waals surface area contributed by atoms with Crippen LogP contribution < -0.4 is 9.80 Å². The molecular formula is C20H18I2N6OS. The van der Waals surface area contributed by atoms with Crippen LogP contribution in [0.3, 0.4) is 0 Å². The van der Waals surface area contributed by atoms with Gasteiger partial charge in [-0.05, 0) is 71.0 Å². The van der Waals surface area contributed by atoms with Crippen LogP contribution in [0.1, 0.15) is 33.9 Å². The molecule has 5 rings (SSSR count). The SMILES string of the molecule is Cc1nc(N2CCCC2)c(I)cc1-c1nc2c(s1)C(=O)N(c1ncc(I)cn1)CC2. The van der Waals surface area contributed by atoms with Gasteiger partial charge < -0.3 is 4.90 Å². The third-order valence-corrected chi connectivity index (χ3v) is 7.81. The van der Waals surface area contributed by atoms with Crippen LogP contribution in [0, 0.1) is 14.1 Å². The number of carbonyl (C=O) groups excluding carboxylic acids is 1. The fourth-order valence-corrected chi connectivity index (χ4v) is 6.00. The van der Waals surface area contributed by atoms with Crippen LogP contribution in [0.2, 0.25) is 0 Å². The lowest BCUT2D eigenvalue weighted by atomic mass is 10.1. The highest BCUT2D eigenvalue weighted by atomic mass is 127. The molecular weight excluding hydrogens is 626 g/mol. The van der Waals surface area contributed by atoms with E-state index in [1.54, 1.807) is 17.3 Å². The first-order valence-corrected chi connectivity index (χ1v) is 12.7. The molecule has 1 saturated heterocycles. The Labute approximate surface area is 205 Å². The minimum atomic E-state index is -0.0739. The predicted octanol–water partition coefficient (Wildman–Crippen LogP) is 4.32. The summed E-state index contributed by atoms with van der Waals surface area (Å²) in [7, 11) is 0. The number of hydrogen-bond acceptors (Lipinski definition) is 7. The summed E-state index contributed by atoms with van der Waals surface area (Å²) in [6.45, 7) is 4.70. The number of fused-ring (bicyclic) bond motifs is 1. The molecule has 0 radical (unpaired) electrons. The van der Waals surface area contributed by atoms with Crippen molar-refractivity contribution in [3.8, 4) is 10.6 Å². The van der Waals surface area contributed by atoms with E-state index in [-0.39, 0.29) is 5.91 Å². The van der Waals surface area contributed by atoms with Crippen molar-refractivity contribution in [1.29, 1.82) is 0 Å². The molecule has 30 heavy (non-hydrogen) atoms. The Bertz CT molecular complexity index is 1130. The number of pyridine rings is 1. The van der Waals surface area contributed by atoms with Crippen molar-refractivity contribution in [3.05, 3.63) is 41.9 Å². The van der Waals surface area contributed by atoms with Gasteiger partial charge in [-0.3, -0.25) is 9.69 Å². The molecule has 0 bridgehead atoms. The van der Waals surface area contributed by atoms with Gasteiger partial charge in [0.2, 0.25) is 5.95 Å². The number of anilines is 2. The second-order valence-electron chi connectivity index (χ2n) is 7.32. The van der Waals surface area contributed by atoms with Gasteiger partial charge in [-0.15, -0.1) is 11.3 Å². The van der Waals surface area contributed by atoms with Crippen molar-refractivity contribution in [2.45, 2.75) is 26.2 Å². The fraction of sp³-hybridized carbons (Fsp3) is 0.350. The Morgan fingerprint density at radius 2 is 1.80 bits per heavy atom. The van der Waals surface area contributed by atoms with Crippen LogP contribution in [0.15, 0.2) is 18.5 Å². The number of aryl methyl sites for hydroxylation is 1. The molecule has 0 unspecified atom stereocenters. The molecule has 10 heteroatoms. The van der Waals surface area contributed by atoms with Crippen molar-refractivity contribution in [2.75, 3.05) is 29.4 Å². The zero-order chi connectivity index (χ0) is 20.8. The van der Waals surface area contributed by atoms with E-state index in [1.165, 1.54) is 24.2 Å². The molecule has 0 N–H and O–H groups in total. The van der Waals surface area contributed by atoms with Gasteiger partial charge in [0.05, 0.1) is 15.0 Å². The number of hydrogen-bond donors (Lipinski definition) is 0. The third-order valence-electron chi connectivity index (χ3n) is 5.34. The molecule has 1 amide bonds. The third kappa shape index (κ3) is 3.70. The van der Waals surface area contributed by atoms with E-state index in [4.69, 9.17) is 9.97 Å². The summed E-state index contributed by atoms with van der Waals surface area (Å²) in [5.74, 6) is 1.44. The molecule has 0 atom stereocenters. The zero-order valence-electron chi connectivity index (χ0n) is 16.2. The predicted molar refractivity (Wildman–Crippen MR) is 134 cm³/mol. The number of nitrogens with zero attached hydrogens (tertiary/aromatic N) is 6. The highest BCUT2D eigenvalue weighted by molar-refractivity contribution is 14.1. The standard InChI is InChI=1S/C20H18I2N6OS/c1-11-13(8-14(22)17(25-11)27-5-2-3-6-27)18-26-15-4-7-28(19(29)16(15)30-18)20-23-9-12(21)10-24-20/h8-10H,2-7H2,1H3. The normalized spacial score (nSPS) is 16.3. The summed E-state index contributed by atoms with van der Waals surface area (Å²) in [6, 6.07) is 2.16. The van der Waals surface area contributed by atoms with E-state index in [0.717, 1.165) is 48.0 Å². The van der Waals surface area contributed by atoms with Gasteiger partial charge in [0, 0.05) is 47.6 Å². The number of thiazole rings is 1. The molecule has 5 heterocycles. The maximum Gasteiger partial charge on any atom is 0.272 e. The van der Waals surface area contributed by atoms with Crippen LogP contribution >= 0.6 is 56.5 Å². The fourth-order valence-electron chi connectivity index (χ4n) is 3.82. The molecule has 0 saturated carbocycles. The Morgan fingerprint density at radius 1 is 1.07 bits per heavy atom. The van der Waals surface area contributed by atoms with Gasteiger partial charge in [0.25, 0.3) is 5.91 Å². The first-order valence-electron chi connectivity index (χ1n) is 9.73. The minimum Gasteiger partial charge on any atom is -0.356 e. The van der Waals surface area contributed by atoms with Crippen LogP contribution in [0.5, 0.6) is 0 Å². The average Bonchev–Trinajstić information content (AvgIpc) is 3.41. The lowest BCUT2D eigenvalue weighted by Gasteiger charge is -2.23. The van der Waals surface area contributed by atoms with Crippen molar-refractivity contribution in [1.82, 2.24) is 19.9 Å². The van der Waals surface area contributed by atoms with Crippen LogP contribution in [0.25, 0.3) is 10.6 Å². The van der Waals surface area contributed by atoms with Crippen LogP contribution in [-0.2, 0) is 6.42 Å². The van der Waals surface area contributed by atoms with Gasteiger partial charge in [-0.25, -0.2) is 19.9 Å². The molecule has 1 fully saturated rings. The van der Waals surface area contributed by atoms with E-state index >= 15 is 0 Å². The van der Waals surface area contributed by atoms with Crippen molar-refractivity contribution in [2.24, 2.45) is 0 Å². The average molecular weight is 644 g/mol. The summed E-state index contributed by atoms with van der Waals surface area (Å²) in [4.78, 5) is 36.1. The smallest absolute Gasteiger partial charge is 0.272 e. The Morgan fingerprint density at radius 3 is 2.53 bits per heavy atom. The molecule has 2 aliphatic rings. The van der Waals surface area contributed by atoms with Gasteiger partial charge in [0.1, 0.15) is 15.7 Å². The molecule has 0 aromatic carbocycles. The van der Waals surface area contributed by atoms with Gasteiger partial charge in [0.15, 0.2) is 0 Å². The quantitative estimate of drug-likeness (QED) is 0.396. The van der Waals surface area contributed by atoms with Crippen LogP contribution in [-0.4, -0.2) is 45.5 Å². The first kappa shape index (κ1) is 20.5. The van der Waals surface area contributed by atoms with E-state index in [2.05, 4.69) is 66.1 Å². The number of aromatic nitrogens is 4. The number of carbonyl (C=O) groups is 1. The van der Waals surface area contributed by atoms with Gasteiger partial charge in [-0.1, -0.05) is 0 Å². The molecule has 3 aromatic rings. The number of rotatable bonds is 3. The molecule has 2 aliphatic heterocycles. The number of amides is 1. The van der Waals surface area contributed by atoms with Gasteiger partial charge >= 0.3 is 0 Å². The molecule has 3 aromatic heterocycles. The summed E-state index contributed by atoms with van der Waals surface area (Å²) >= 11 is 5.96. The van der Waals surface area contributed by atoms with E-state index in [1.807, 2.05) is 6.92 Å².